The Balaban J connectivity index is 1.61. The van der Waals surface area contributed by atoms with Crippen LogP contribution >= 0.6 is 11.6 Å². The quantitative estimate of drug-likeness (QED) is 0.547. The molecule has 2 atom stereocenters. The smallest absolute Gasteiger partial charge is 0.318 e. The number of pyridine rings is 1. The lowest BCUT2D eigenvalue weighted by Gasteiger charge is -2.34. The molecule has 3 fully saturated rings. The minimum atomic E-state index is -0.641. The summed E-state index contributed by atoms with van der Waals surface area (Å²) in [6.07, 6.45) is 9.95. The molecular formula is C25H23ClFN5O2. The van der Waals surface area contributed by atoms with Crippen molar-refractivity contribution >= 4 is 28.3 Å². The van der Waals surface area contributed by atoms with Crippen molar-refractivity contribution in [3.63, 3.8) is 0 Å². The second-order valence-electron chi connectivity index (χ2n) is 9.23. The first kappa shape index (κ1) is 21.4. The predicted molar refractivity (Wildman–Crippen MR) is 128 cm³/mol. The van der Waals surface area contributed by atoms with Gasteiger partial charge in [0.1, 0.15) is 28.5 Å². The number of anilines is 1. The molecule has 34 heavy (non-hydrogen) atoms. The monoisotopic (exact) mass is 479 g/mol. The van der Waals surface area contributed by atoms with Gasteiger partial charge in [0.25, 0.3) is 0 Å². The summed E-state index contributed by atoms with van der Waals surface area (Å²) in [5.41, 5.74) is 1.52. The van der Waals surface area contributed by atoms with E-state index in [-0.39, 0.29) is 34.6 Å². The first-order valence-corrected chi connectivity index (χ1v) is 11.8. The van der Waals surface area contributed by atoms with Crippen LogP contribution in [0.5, 0.6) is 11.8 Å². The summed E-state index contributed by atoms with van der Waals surface area (Å²) in [6.45, 7) is 1.46. The summed E-state index contributed by atoms with van der Waals surface area (Å²) < 4.78 is 21.5. The van der Waals surface area contributed by atoms with Crippen molar-refractivity contribution in [3.8, 4) is 35.4 Å². The highest BCUT2D eigenvalue weighted by Gasteiger charge is 2.36. The Hall–Kier alpha value is -3.15. The molecule has 3 aromatic rings. The molecule has 2 saturated heterocycles. The van der Waals surface area contributed by atoms with Crippen LogP contribution in [-0.2, 0) is 0 Å². The van der Waals surface area contributed by atoms with Gasteiger partial charge in [0, 0.05) is 35.8 Å². The molecule has 2 unspecified atom stereocenters. The van der Waals surface area contributed by atoms with E-state index in [1.54, 1.807) is 0 Å². The number of benzene rings is 1. The summed E-state index contributed by atoms with van der Waals surface area (Å²) in [4.78, 5) is 15.6. The first-order chi connectivity index (χ1) is 16.5. The second-order valence-corrected chi connectivity index (χ2v) is 9.64. The summed E-state index contributed by atoms with van der Waals surface area (Å²) >= 11 is 6.46. The van der Waals surface area contributed by atoms with E-state index in [2.05, 4.69) is 31.1 Å². The van der Waals surface area contributed by atoms with Crippen LogP contribution in [0.15, 0.2) is 12.1 Å². The number of ether oxygens (including phenoxy) is 1. The SMILES string of the molecule is C#Cc1nc(-c2cc(O)cc(Cl)c2C2CC2)c(F)c2nc(OC)nc(N3CC4CCC(C3)N4)c12. The minimum absolute atomic E-state index is 0.0206. The third kappa shape index (κ3) is 3.42. The van der Waals surface area contributed by atoms with Crippen LogP contribution in [0.4, 0.5) is 10.2 Å². The molecule has 2 bridgehead atoms. The van der Waals surface area contributed by atoms with Crippen molar-refractivity contribution in [1.29, 1.82) is 0 Å². The molecular weight excluding hydrogens is 457 g/mol. The summed E-state index contributed by atoms with van der Waals surface area (Å²) in [5, 5.41) is 14.6. The molecule has 2 N–H and O–H groups in total. The zero-order valence-electron chi connectivity index (χ0n) is 18.6. The van der Waals surface area contributed by atoms with Crippen LogP contribution in [0, 0.1) is 18.2 Å². The average Bonchev–Trinajstić information content (AvgIpc) is 3.61. The standard InChI is InChI=1S/C25H23ClFN5O2/c1-3-18-20-23(30-25(34-2)31-24(20)32-10-13-6-7-14(11-32)28-13)21(27)22(29-18)16-8-15(33)9-17(26)19(16)12-4-5-12/h1,8-9,12-14,28,33H,4-7,10-11H2,2H3. The van der Waals surface area contributed by atoms with Crippen molar-refractivity contribution in [2.24, 2.45) is 0 Å². The lowest BCUT2D eigenvalue weighted by atomic mass is 9.98. The van der Waals surface area contributed by atoms with Crippen LogP contribution in [0.2, 0.25) is 5.02 Å². The highest BCUT2D eigenvalue weighted by atomic mass is 35.5. The fourth-order valence-electron chi connectivity index (χ4n) is 5.29. The van der Waals surface area contributed by atoms with Crippen molar-refractivity contribution in [2.45, 2.75) is 43.7 Å². The highest BCUT2D eigenvalue weighted by molar-refractivity contribution is 6.32. The van der Waals surface area contributed by atoms with Crippen LogP contribution < -0.4 is 15.0 Å². The number of hydrogen-bond donors (Lipinski definition) is 2. The number of phenols is 1. The molecule has 2 aliphatic heterocycles. The number of piperazine rings is 1. The van der Waals surface area contributed by atoms with Crippen molar-refractivity contribution in [3.05, 3.63) is 34.2 Å². The van der Waals surface area contributed by atoms with Gasteiger partial charge in [-0.3, -0.25) is 0 Å². The molecule has 0 spiro atoms. The Bertz CT molecular complexity index is 1360. The van der Waals surface area contributed by atoms with E-state index < -0.39 is 5.82 Å². The largest absolute Gasteiger partial charge is 0.508 e. The van der Waals surface area contributed by atoms with Gasteiger partial charge in [-0.2, -0.15) is 9.97 Å². The molecule has 6 rings (SSSR count). The van der Waals surface area contributed by atoms with E-state index in [0.29, 0.717) is 33.9 Å². The number of terminal acetylenes is 1. The second kappa shape index (κ2) is 7.97. The number of aromatic nitrogens is 3. The molecule has 4 heterocycles. The Morgan fingerprint density at radius 3 is 2.56 bits per heavy atom. The Labute approximate surface area is 201 Å². The highest BCUT2D eigenvalue weighted by Crippen LogP contribution is 2.49. The van der Waals surface area contributed by atoms with Gasteiger partial charge < -0.3 is 20.1 Å². The number of hydrogen-bond acceptors (Lipinski definition) is 7. The maximum atomic E-state index is 16.2. The normalized spacial score (nSPS) is 21.6. The molecule has 1 saturated carbocycles. The van der Waals surface area contributed by atoms with Gasteiger partial charge in [-0.25, -0.2) is 9.37 Å². The maximum Gasteiger partial charge on any atom is 0.318 e. The first-order valence-electron chi connectivity index (χ1n) is 11.4. The average molecular weight is 480 g/mol. The number of fused-ring (bicyclic) bond motifs is 3. The Morgan fingerprint density at radius 2 is 1.91 bits per heavy atom. The van der Waals surface area contributed by atoms with Gasteiger partial charge in [-0.15, -0.1) is 6.42 Å². The van der Waals surface area contributed by atoms with Crippen LogP contribution in [-0.4, -0.2) is 52.3 Å². The predicted octanol–water partition coefficient (Wildman–Crippen LogP) is 4.00. The third-order valence-corrected chi connectivity index (χ3v) is 7.25. The van der Waals surface area contributed by atoms with E-state index in [0.717, 1.165) is 44.3 Å². The lowest BCUT2D eigenvalue weighted by Crippen LogP contribution is -2.51. The maximum absolute atomic E-state index is 16.2. The fraction of sp³-hybridized carbons (Fsp3) is 0.400. The molecule has 7 nitrogen and oxygen atoms in total. The number of phenolic OH excluding ortho intramolecular Hbond substituents is 1. The molecule has 0 amide bonds. The van der Waals surface area contributed by atoms with E-state index in [1.807, 2.05) is 0 Å². The van der Waals surface area contributed by atoms with Crippen molar-refractivity contribution in [1.82, 2.24) is 20.3 Å². The summed E-state index contributed by atoms with van der Waals surface area (Å²) in [5.74, 6) is 2.64. The zero-order chi connectivity index (χ0) is 23.6. The van der Waals surface area contributed by atoms with Gasteiger partial charge >= 0.3 is 6.01 Å². The molecule has 1 aromatic carbocycles. The number of halogens is 2. The molecule has 9 heteroatoms. The fourth-order valence-corrected chi connectivity index (χ4v) is 5.66. The summed E-state index contributed by atoms with van der Waals surface area (Å²) in [7, 11) is 1.45. The molecule has 2 aromatic heterocycles. The number of methoxy groups -OCH3 is 1. The van der Waals surface area contributed by atoms with E-state index in [9.17, 15) is 5.11 Å². The van der Waals surface area contributed by atoms with E-state index >= 15 is 4.39 Å². The Morgan fingerprint density at radius 1 is 1.18 bits per heavy atom. The number of aromatic hydroxyl groups is 1. The molecule has 3 aliphatic rings. The zero-order valence-corrected chi connectivity index (χ0v) is 19.4. The number of rotatable bonds is 4. The van der Waals surface area contributed by atoms with Gasteiger partial charge in [0.2, 0.25) is 0 Å². The van der Waals surface area contributed by atoms with Gasteiger partial charge in [0.15, 0.2) is 5.82 Å². The van der Waals surface area contributed by atoms with E-state index in [1.165, 1.54) is 19.2 Å². The molecule has 174 valence electrons. The molecule has 1 aliphatic carbocycles. The van der Waals surface area contributed by atoms with Crippen molar-refractivity contribution < 1.29 is 14.2 Å². The van der Waals surface area contributed by atoms with Crippen LogP contribution in [0.1, 0.15) is 42.9 Å². The minimum Gasteiger partial charge on any atom is -0.508 e. The number of nitrogens with zero attached hydrogens (tertiary/aromatic N) is 4. The number of nitrogens with one attached hydrogen (secondary N) is 1. The third-order valence-electron chi connectivity index (χ3n) is 6.94. The van der Waals surface area contributed by atoms with Gasteiger partial charge in [-0.1, -0.05) is 11.6 Å². The van der Waals surface area contributed by atoms with Crippen LogP contribution in [0.25, 0.3) is 22.2 Å². The van der Waals surface area contributed by atoms with Gasteiger partial charge in [0.05, 0.1) is 12.5 Å². The van der Waals surface area contributed by atoms with Crippen molar-refractivity contribution in [2.75, 3.05) is 25.1 Å². The topological polar surface area (TPSA) is 83.4 Å². The summed E-state index contributed by atoms with van der Waals surface area (Å²) in [6, 6.07) is 3.71. The lowest BCUT2D eigenvalue weighted by molar-refractivity contribution is 0.380. The molecule has 0 radical (unpaired) electrons. The van der Waals surface area contributed by atoms with Crippen LogP contribution in [0.3, 0.4) is 0 Å². The van der Waals surface area contributed by atoms with Gasteiger partial charge in [-0.05, 0) is 55.2 Å². The Kier molecular flexibility index (Phi) is 5.01. The van der Waals surface area contributed by atoms with E-state index in [4.69, 9.17) is 22.8 Å².